The first kappa shape index (κ1) is 15.3. The van der Waals surface area contributed by atoms with Crippen LogP contribution in [0.2, 0.25) is 0 Å². The summed E-state index contributed by atoms with van der Waals surface area (Å²) >= 11 is 0. The van der Waals surface area contributed by atoms with Gasteiger partial charge in [-0.3, -0.25) is 0 Å². The Morgan fingerprint density at radius 2 is 1.90 bits per heavy atom. The van der Waals surface area contributed by atoms with Crippen LogP contribution in [0.25, 0.3) is 0 Å². The Labute approximate surface area is 126 Å². The third-order valence-corrected chi connectivity index (χ3v) is 2.95. The molecule has 2 rings (SSSR count). The van der Waals surface area contributed by atoms with Gasteiger partial charge in [0.25, 0.3) is 0 Å². The van der Waals surface area contributed by atoms with E-state index in [0.29, 0.717) is 19.1 Å². The Hall–Kier alpha value is -2.07. The summed E-state index contributed by atoms with van der Waals surface area (Å²) < 4.78 is 11.0. The largest absolute Gasteiger partial charge is 0.494 e. The lowest BCUT2D eigenvalue weighted by Gasteiger charge is -2.07. The number of ether oxygens (including phenoxy) is 2. The average Bonchev–Trinajstić information content (AvgIpc) is 2.53. The first-order valence-corrected chi connectivity index (χ1v) is 7.35. The number of nitrogens with one attached hydrogen (secondary N) is 1. The van der Waals surface area contributed by atoms with Gasteiger partial charge in [-0.2, -0.15) is 0 Å². The topological polar surface area (TPSA) is 43.4 Å². The molecular formula is C17H22N2O2. The fourth-order valence-corrected chi connectivity index (χ4v) is 1.91. The lowest BCUT2D eigenvalue weighted by atomic mass is 10.2. The number of aromatic nitrogens is 1. The Morgan fingerprint density at radius 3 is 2.62 bits per heavy atom. The Balaban J connectivity index is 1.57. The molecule has 0 saturated carbocycles. The molecule has 0 spiro atoms. The van der Waals surface area contributed by atoms with Crippen LogP contribution in [-0.2, 0) is 6.54 Å². The van der Waals surface area contributed by atoms with Crippen LogP contribution < -0.4 is 14.8 Å². The van der Waals surface area contributed by atoms with Gasteiger partial charge in [0.15, 0.2) is 0 Å². The van der Waals surface area contributed by atoms with Gasteiger partial charge >= 0.3 is 0 Å². The van der Waals surface area contributed by atoms with E-state index >= 15 is 0 Å². The third kappa shape index (κ3) is 5.83. The summed E-state index contributed by atoms with van der Waals surface area (Å²) in [6, 6.07) is 13.9. The highest BCUT2D eigenvalue weighted by molar-refractivity contribution is 5.27. The van der Waals surface area contributed by atoms with Gasteiger partial charge in [0, 0.05) is 18.8 Å². The van der Waals surface area contributed by atoms with Gasteiger partial charge in [0.1, 0.15) is 5.75 Å². The molecule has 0 fully saturated rings. The lowest BCUT2D eigenvalue weighted by molar-refractivity contribution is 0.296. The van der Waals surface area contributed by atoms with Crippen LogP contribution >= 0.6 is 0 Å². The fourth-order valence-electron chi connectivity index (χ4n) is 1.91. The molecule has 2 aromatic rings. The maximum absolute atomic E-state index is 5.53. The van der Waals surface area contributed by atoms with E-state index in [-0.39, 0.29) is 0 Å². The normalized spacial score (nSPS) is 10.3. The van der Waals surface area contributed by atoms with Crippen molar-refractivity contribution in [3.8, 4) is 11.6 Å². The zero-order chi connectivity index (χ0) is 14.8. The molecule has 1 N–H and O–H groups in total. The van der Waals surface area contributed by atoms with Crippen LogP contribution in [0.5, 0.6) is 11.6 Å². The SMILES string of the molecule is CCOc1ccc(CNCCCOc2ccccn2)cc1. The van der Waals surface area contributed by atoms with E-state index in [9.17, 15) is 0 Å². The van der Waals surface area contributed by atoms with E-state index in [1.165, 1.54) is 5.56 Å². The first-order chi connectivity index (χ1) is 10.4. The fraction of sp³-hybridized carbons (Fsp3) is 0.353. The van der Waals surface area contributed by atoms with Gasteiger partial charge in [-0.05, 0) is 43.7 Å². The van der Waals surface area contributed by atoms with Crippen LogP contribution in [0.1, 0.15) is 18.9 Å². The number of hydrogen-bond donors (Lipinski definition) is 1. The third-order valence-electron chi connectivity index (χ3n) is 2.95. The summed E-state index contributed by atoms with van der Waals surface area (Å²) in [5.41, 5.74) is 1.25. The maximum atomic E-state index is 5.53. The quantitative estimate of drug-likeness (QED) is 0.720. The van der Waals surface area contributed by atoms with Crippen LogP contribution in [0.4, 0.5) is 0 Å². The summed E-state index contributed by atoms with van der Waals surface area (Å²) in [4.78, 5) is 4.11. The predicted molar refractivity (Wildman–Crippen MR) is 83.7 cm³/mol. The molecule has 0 amide bonds. The number of nitrogens with zero attached hydrogens (tertiary/aromatic N) is 1. The molecule has 1 aromatic carbocycles. The van der Waals surface area contributed by atoms with Crippen molar-refractivity contribution >= 4 is 0 Å². The lowest BCUT2D eigenvalue weighted by Crippen LogP contribution is -2.17. The molecule has 0 radical (unpaired) electrons. The van der Waals surface area contributed by atoms with Crippen molar-refractivity contribution in [1.29, 1.82) is 0 Å². The molecule has 0 saturated heterocycles. The second kappa shape index (κ2) is 8.97. The number of pyridine rings is 1. The molecule has 0 aliphatic heterocycles. The van der Waals surface area contributed by atoms with E-state index in [2.05, 4.69) is 22.4 Å². The number of rotatable bonds is 9. The summed E-state index contributed by atoms with van der Waals surface area (Å²) in [5, 5.41) is 3.40. The molecule has 0 bridgehead atoms. The molecule has 4 heteroatoms. The van der Waals surface area contributed by atoms with Gasteiger partial charge in [-0.15, -0.1) is 0 Å². The van der Waals surface area contributed by atoms with Gasteiger partial charge in [-0.25, -0.2) is 4.98 Å². The second-order valence-corrected chi connectivity index (χ2v) is 4.62. The Morgan fingerprint density at radius 1 is 1.05 bits per heavy atom. The highest BCUT2D eigenvalue weighted by Crippen LogP contribution is 2.11. The summed E-state index contributed by atoms with van der Waals surface area (Å²) in [6.07, 6.45) is 2.69. The zero-order valence-electron chi connectivity index (χ0n) is 12.4. The van der Waals surface area contributed by atoms with Gasteiger partial charge in [0.05, 0.1) is 13.2 Å². The molecule has 0 unspecified atom stereocenters. The molecule has 1 aromatic heterocycles. The van der Waals surface area contributed by atoms with Crippen molar-refractivity contribution < 1.29 is 9.47 Å². The van der Waals surface area contributed by atoms with Gasteiger partial charge in [0.2, 0.25) is 5.88 Å². The summed E-state index contributed by atoms with van der Waals surface area (Å²) in [7, 11) is 0. The standard InChI is InChI=1S/C17H22N2O2/c1-2-20-16-9-7-15(8-10-16)14-18-11-5-13-21-17-6-3-4-12-19-17/h3-4,6-10,12,18H,2,5,11,13-14H2,1H3. The first-order valence-electron chi connectivity index (χ1n) is 7.35. The molecule has 4 nitrogen and oxygen atoms in total. The molecule has 21 heavy (non-hydrogen) atoms. The summed E-state index contributed by atoms with van der Waals surface area (Å²) in [6.45, 7) is 5.14. The van der Waals surface area contributed by atoms with Crippen molar-refractivity contribution in [2.24, 2.45) is 0 Å². The molecule has 0 atom stereocenters. The van der Waals surface area contributed by atoms with Gasteiger partial charge in [-0.1, -0.05) is 18.2 Å². The molecule has 0 aliphatic rings. The monoisotopic (exact) mass is 286 g/mol. The minimum Gasteiger partial charge on any atom is -0.494 e. The van der Waals surface area contributed by atoms with E-state index in [4.69, 9.17) is 9.47 Å². The smallest absolute Gasteiger partial charge is 0.213 e. The van der Waals surface area contributed by atoms with Crippen molar-refractivity contribution in [2.45, 2.75) is 19.9 Å². The highest BCUT2D eigenvalue weighted by atomic mass is 16.5. The van der Waals surface area contributed by atoms with E-state index in [1.807, 2.05) is 37.3 Å². The van der Waals surface area contributed by atoms with Crippen LogP contribution in [0, 0.1) is 0 Å². The predicted octanol–water partition coefficient (Wildman–Crippen LogP) is 3.04. The molecule has 0 aliphatic carbocycles. The van der Waals surface area contributed by atoms with Crippen LogP contribution in [-0.4, -0.2) is 24.7 Å². The van der Waals surface area contributed by atoms with E-state index in [0.717, 1.165) is 25.3 Å². The zero-order valence-corrected chi connectivity index (χ0v) is 12.4. The number of hydrogen-bond acceptors (Lipinski definition) is 4. The maximum Gasteiger partial charge on any atom is 0.213 e. The Kier molecular flexibility index (Phi) is 6.55. The minimum absolute atomic E-state index is 0.674. The number of benzene rings is 1. The Bertz CT molecular complexity index is 500. The van der Waals surface area contributed by atoms with Crippen molar-refractivity contribution in [2.75, 3.05) is 19.8 Å². The molecular weight excluding hydrogens is 264 g/mol. The minimum atomic E-state index is 0.674. The van der Waals surface area contributed by atoms with Crippen LogP contribution in [0.15, 0.2) is 48.7 Å². The van der Waals surface area contributed by atoms with Crippen molar-refractivity contribution in [3.63, 3.8) is 0 Å². The van der Waals surface area contributed by atoms with E-state index in [1.54, 1.807) is 6.20 Å². The molecule has 1 heterocycles. The highest BCUT2D eigenvalue weighted by Gasteiger charge is 1.96. The molecule has 112 valence electrons. The van der Waals surface area contributed by atoms with Crippen molar-refractivity contribution in [1.82, 2.24) is 10.3 Å². The van der Waals surface area contributed by atoms with Gasteiger partial charge < -0.3 is 14.8 Å². The van der Waals surface area contributed by atoms with Crippen LogP contribution in [0.3, 0.4) is 0 Å². The van der Waals surface area contributed by atoms with E-state index < -0.39 is 0 Å². The second-order valence-electron chi connectivity index (χ2n) is 4.62. The summed E-state index contributed by atoms with van der Waals surface area (Å²) in [5.74, 6) is 1.61. The van der Waals surface area contributed by atoms with Crippen molar-refractivity contribution in [3.05, 3.63) is 54.2 Å². The average molecular weight is 286 g/mol.